The van der Waals surface area contributed by atoms with Crippen LogP contribution in [-0.2, 0) is 22.6 Å². The molecule has 2 N–H and O–H groups in total. The van der Waals surface area contributed by atoms with Crippen LogP contribution in [0.1, 0.15) is 30.9 Å². The summed E-state index contributed by atoms with van der Waals surface area (Å²) in [6, 6.07) is 8.66. The van der Waals surface area contributed by atoms with Crippen molar-refractivity contribution >= 4 is 5.96 Å². The summed E-state index contributed by atoms with van der Waals surface area (Å²) in [7, 11) is 4.16. The molecule has 6 heteroatoms. The van der Waals surface area contributed by atoms with Crippen molar-refractivity contribution in [3.05, 3.63) is 35.4 Å². The van der Waals surface area contributed by atoms with Crippen LogP contribution in [0.4, 0.5) is 0 Å². The van der Waals surface area contributed by atoms with Crippen LogP contribution in [0, 0.1) is 0 Å². The molecule has 1 aromatic carbocycles. The van der Waals surface area contributed by atoms with Gasteiger partial charge in [-0.3, -0.25) is 0 Å². The molecule has 0 amide bonds. The number of rotatable bonds is 10. The SMILES string of the molecule is CCNC(=NCc1ccc(CN(C)C)cc1)NCCCOC1CCOC1. The van der Waals surface area contributed by atoms with E-state index in [2.05, 4.69) is 65.8 Å². The van der Waals surface area contributed by atoms with Gasteiger partial charge >= 0.3 is 0 Å². The summed E-state index contributed by atoms with van der Waals surface area (Å²) in [4.78, 5) is 6.84. The van der Waals surface area contributed by atoms with E-state index in [4.69, 9.17) is 9.47 Å². The lowest BCUT2D eigenvalue weighted by Gasteiger charge is -2.13. The minimum Gasteiger partial charge on any atom is -0.379 e. The molecule has 146 valence electrons. The number of aliphatic imine (C=N–C) groups is 1. The standard InChI is InChI=1S/C20H34N4O2/c1-4-21-20(22-11-5-12-26-19-10-13-25-16-19)23-14-17-6-8-18(9-7-17)15-24(2)3/h6-9,19H,4-5,10-16H2,1-3H3,(H2,21,22,23). The lowest BCUT2D eigenvalue weighted by atomic mass is 10.1. The van der Waals surface area contributed by atoms with E-state index in [0.717, 1.165) is 58.3 Å². The molecule has 1 aliphatic heterocycles. The number of benzene rings is 1. The average molecular weight is 363 g/mol. The fourth-order valence-corrected chi connectivity index (χ4v) is 2.80. The summed E-state index contributed by atoms with van der Waals surface area (Å²) < 4.78 is 11.1. The van der Waals surface area contributed by atoms with Crippen molar-refractivity contribution in [2.24, 2.45) is 4.99 Å². The second-order valence-electron chi connectivity index (χ2n) is 6.89. The van der Waals surface area contributed by atoms with Gasteiger partial charge in [0.25, 0.3) is 0 Å². The zero-order valence-electron chi connectivity index (χ0n) is 16.5. The molecule has 0 radical (unpaired) electrons. The number of guanidine groups is 1. The van der Waals surface area contributed by atoms with Crippen molar-refractivity contribution in [2.75, 3.05) is 47.0 Å². The van der Waals surface area contributed by atoms with Gasteiger partial charge in [-0.05, 0) is 45.0 Å². The fraction of sp³-hybridized carbons (Fsp3) is 0.650. The minimum absolute atomic E-state index is 0.285. The van der Waals surface area contributed by atoms with E-state index in [1.54, 1.807) is 0 Å². The molecule has 0 saturated carbocycles. The maximum Gasteiger partial charge on any atom is 0.191 e. The fourth-order valence-electron chi connectivity index (χ4n) is 2.80. The van der Waals surface area contributed by atoms with Gasteiger partial charge in [0.05, 0.1) is 19.3 Å². The molecule has 0 aromatic heterocycles. The highest BCUT2D eigenvalue weighted by molar-refractivity contribution is 5.79. The van der Waals surface area contributed by atoms with Crippen molar-refractivity contribution in [3.8, 4) is 0 Å². The largest absolute Gasteiger partial charge is 0.379 e. The average Bonchev–Trinajstić information content (AvgIpc) is 3.13. The summed E-state index contributed by atoms with van der Waals surface area (Å²) in [5.41, 5.74) is 2.54. The van der Waals surface area contributed by atoms with Gasteiger partial charge < -0.3 is 25.0 Å². The maximum absolute atomic E-state index is 5.78. The van der Waals surface area contributed by atoms with E-state index in [1.165, 1.54) is 11.1 Å². The Morgan fingerprint density at radius 1 is 1.23 bits per heavy atom. The molecule has 1 aliphatic rings. The zero-order chi connectivity index (χ0) is 18.6. The lowest BCUT2D eigenvalue weighted by molar-refractivity contribution is 0.0420. The third-order valence-electron chi connectivity index (χ3n) is 4.14. The molecule has 0 bridgehead atoms. The first-order chi connectivity index (χ1) is 12.7. The minimum atomic E-state index is 0.285. The number of hydrogen-bond acceptors (Lipinski definition) is 4. The first-order valence-corrected chi connectivity index (χ1v) is 9.61. The summed E-state index contributed by atoms with van der Waals surface area (Å²) >= 11 is 0. The third kappa shape index (κ3) is 8.17. The van der Waals surface area contributed by atoms with Crippen LogP contribution < -0.4 is 10.6 Å². The van der Waals surface area contributed by atoms with Crippen LogP contribution in [0.5, 0.6) is 0 Å². The number of nitrogens with zero attached hydrogens (tertiary/aromatic N) is 2. The Kier molecular flexibility index (Phi) is 9.45. The van der Waals surface area contributed by atoms with E-state index in [-0.39, 0.29) is 6.10 Å². The third-order valence-corrected chi connectivity index (χ3v) is 4.14. The first-order valence-electron chi connectivity index (χ1n) is 9.61. The number of hydrogen-bond donors (Lipinski definition) is 2. The Balaban J connectivity index is 1.70. The Morgan fingerprint density at radius 3 is 2.65 bits per heavy atom. The second kappa shape index (κ2) is 11.9. The molecule has 1 fully saturated rings. The van der Waals surface area contributed by atoms with Crippen molar-refractivity contribution in [1.82, 2.24) is 15.5 Å². The normalized spacial score (nSPS) is 17.7. The monoisotopic (exact) mass is 362 g/mol. The van der Waals surface area contributed by atoms with E-state index in [0.29, 0.717) is 6.54 Å². The van der Waals surface area contributed by atoms with Gasteiger partial charge in [-0.1, -0.05) is 24.3 Å². The van der Waals surface area contributed by atoms with Crippen LogP contribution in [-0.4, -0.2) is 64.0 Å². The highest BCUT2D eigenvalue weighted by atomic mass is 16.5. The van der Waals surface area contributed by atoms with Crippen LogP contribution >= 0.6 is 0 Å². The van der Waals surface area contributed by atoms with Crippen LogP contribution in [0.25, 0.3) is 0 Å². The predicted octanol–water partition coefficient (Wildman–Crippen LogP) is 2.00. The Labute approximate surface area is 158 Å². The Morgan fingerprint density at radius 2 is 2.00 bits per heavy atom. The van der Waals surface area contributed by atoms with Crippen molar-refractivity contribution in [3.63, 3.8) is 0 Å². The predicted molar refractivity (Wildman–Crippen MR) is 106 cm³/mol. The second-order valence-corrected chi connectivity index (χ2v) is 6.89. The summed E-state index contributed by atoms with van der Waals surface area (Å²) in [6.45, 7) is 7.74. The molecule has 1 aromatic rings. The maximum atomic E-state index is 5.78. The van der Waals surface area contributed by atoms with Gasteiger partial charge in [0.1, 0.15) is 0 Å². The summed E-state index contributed by atoms with van der Waals surface area (Å²) in [6.07, 6.45) is 2.26. The molecule has 26 heavy (non-hydrogen) atoms. The molecule has 0 aliphatic carbocycles. The molecule has 0 spiro atoms. The molecule has 1 saturated heterocycles. The number of ether oxygens (including phenoxy) is 2. The van der Waals surface area contributed by atoms with Crippen LogP contribution in [0.15, 0.2) is 29.3 Å². The van der Waals surface area contributed by atoms with E-state index in [9.17, 15) is 0 Å². The van der Waals surface area contributed by atoms with Gasteiger partial charge in [-0.2, -0.15) is 0 Å². The van der Waals surface area contributed by atoms with Gasteiger partial charge in [0.15, 0.2) is 5.96 Å². The van der Waals surface area contributed by atoms with Gasteiger partial charge in [-0.15, -0.1) is 0 Å². The Hall–Kier alpha value is -1.63. The molecule has 2 rings (SSSR count). The van der Waals surface area contributed by atoms with Crippen molar-refractivity contribution in [1.29, 1.82) is 0 Å². The quantitative estimate of drug-likeness (QED) is 0.379. The molecule has 1 unspecified atom stereocenters. The van der Waals surface area contributed by atoms with Crippen molar-refractivity contribution < 1.29 is 9.47 Å². The van der Waals surface area contributed by atoms with Crippen LogP contribution in [0.3, 0.4) is 0 Å². The topological polar surface area (TPSA) is 58.1 Å². The lowest BCUT2D eigenvalue weighted by Crippen LogP contribution is -2.38. The number of nitrogens with one attached hydrogen (secondary N) is 2. The molecule has 1 heterocycles. The first kappa shape index (κ1) is 20.7. The van der Waals surface area contributed by atoms with Gasteiger partial charge in [0.2, 0.25) is 0 Å². The molecule has 1 atom stereocenters. The smallest absolute Gasteiger partial charge is 0.191 e. The summed E-state index contributed by atoms with van der Waals surface area (Å²) in [5.74, 6) is 0.856. The zero-order valence-corrected chi connectivity index (χ0v) is 16.5. The molecular weight excluding hydrogens is 328 g/mol. The summed E-state index contributed by atoms with van der Waals surface area (Å²) in [5, 5.41) is 6.67. The van der Waals surface area contributed by atoms with E-state index in [1.807, 2.05) is 0 Å². The van der Waals surface area contributed by atoms with E-state index >= 15 is 0 Å². The van der Waals surface area contributed by atoms with Crippen molar-refractivity contribution in [2.45, 2.75) is 39.0 Å². The molecule has 6 nitrogen and oxygen atoms in total. The van der Waals surface area contributed by atoms with Gasteiger partial charge in [-0.25, -0.2) is 4.99 Å². The highest BCUT2D eigenvalue weighted by Gasteiger charge is 2.15. The Bertz CT molecular complexity index is 525. The molecular formula is C20H34N4O2. The van der Waals surface area contributed by atoms with Gasteiger partial charge in [0, 0.05) is 32.8 Å². The highest BCUT2D eigenvalue weighted by Crippen LogP contribution is 2.08. The van der Waals surface area contributed by atoms with Crippen LogP contribution in [0.2, 0.25) is 0 Å². The van der Waals surface area contributed by atoms with E-state index < -0.39 is 0 Å².